The molecule has 0 fully saturated rings. The molecule has 4 aromatic rings. The van der Waals surface area contributed by atoms with E-state index < -0.39 is 0 Å². The van der Waals surface area contributed by atoms with Crippen LogP contribution in [0.25, 0.3) is 21.9 Å². The van der Waals surface area contributed by atoms with Crippen LogP contribution in [0.2, 0.25) is 0 Å². The van der Waals surface area contributed by atoms with Crippen LogP contribution in [-0.2, 0) is 0 Å². The minimum absolute atomic E-state index is 0.0813. The van der Waals surface area contributed by atoms with Crippen molar-refractivity contribution in [1.82, 2.24) is 0 Å². The molecule has 114 valence electrons. The van der Waals surface area contributed by atoms with Gasteiger partial charge < -0.3 is 4.74 Å². The molecular formula is C23H16O. The van der Waals surface area contributed by atoms with Gasteiger partial charge in [-0.15, -0.1) is 0 Å². The summed E-state index contributed by atoms with van der Waals surface area (Å²) in [5, 5.41) is 2.51. The number of rotatable bonds is 1. The predicted octanol–water partition coefficient (Wildman–Crippen LogP) is 5.99. The molecule has 1 unspecified atom stereocenters. The molecule has 0 amide bonds. The fourth-order valence-corrected chi connectivity index (χ4v) is 3.65. The van der Waals surface area contributed by atoms with Crippen molar-refractivity contribution in [1.29, 1.82) is 0 Å². The highest BCUT2D eigenvalue weighted by Gasteiger charge is 2.28. The summed E-state index contributed by atoms with van der Waals surface area (Å²) in [6.07, 6.45) is -0.0813. The fraction of sp³-hybridized carbons (Fsp3) is 0.0435. The second-order valence-corrected chi connectivity index (χ2v) is 6.15. The van der Waals surface area contributed by atoms with E-state index in [2.05, 4.69) is 78.9 Å². The third kappa shape index (κ3) is 1.95. The molecule has 0 N–H and O–H groups in total. The molecule has 1 aliphatic rings. The molecule has 0 aromatic heterocycles. The van der Waals surface area contributed by atoms with Gasteiger partial charge in [0.2, 0.25) is 0 Å². The van der Waals surface area contributed by atoms with Gasteiger partial charge in [-0.3, -0.25) is 0 Å². The van der Waals surface area contributed by atoms with Gasteiger partial charge in [-0.2, -0.15) is 0 Å². The molecule has 0 spiro atoms. The van der Waals surface area contributed by atoms with E-state index in [1.165, 1.54) is 33.0 Å². The average molecular weight is 308 g/mol. The molecule has 1 atom stereocenters. The Morgan fingerprint density at radius 3 is 2.25 bits per heavy atom. The lowest BCUT2D eigenvalue weighted by Gasteiger charge is -2.30. The van der Waals surface area contributed by atoms with Gasteiger partial charge >= 0.3 is 0 Å². The zero-order chi connectivity index (χ0) is 15.9. The van der Waals surface area contributed by atoms with Gasteiger partial charge in [0, 0.05) is 11.1 Å². The number of para-hydroxylation sites is 1. The number of hydrogen-bond donors (Lipinski definition) is 0. The average Bonchev–Trinajstić information content (AvgIpc) is 2.67. The maximum absolute atomic E-state index is 6.45. The van der Waals surface area contributed by atoms with Crippen molar-refractivity contribution >= 4 is 10.8 Å². The van der Waals surface area contributed by atoms with Crippen LogP contribution in [0.3, 0.4) is 0 Å². The van der Waals surface area contributed by atoms with Crippen LogP contribution in [-0.4, -0.2) is 0 Å². The minimum Gasteiger partial charge on any atom is -0.480 e. The molecule has 24 heavy (non-hydrogen) atoms. The van der Waals surface area contributed by atoms with Crippen LogP contribution in [0.1, 0.15) is 17.2 Å². The predicted molar refractivity (Wildman–Crippen MR) is 98.3 cm³/mol. The lowest BCUT2D eigenvalue weighted by Crippen LogP contribution is -2.15. The number of ether oxygens (including phenoxy) is 1. The Morgan fingerprint density at radius 1 is 0.583 bits per heavy atom. The maximum Gasteiger partial charge on any atom is 0.150 e. The summed E-state index contributed by atoms with van der Waals surface area (Å²) in [6, 6.07) is 31.8. The van der Waals surface area contributed by atoms with E-state index in [1.54, 1.807) is 0 Å². The largest absolute Gasteiger partial charge is 0.480 e. The molecule has 0 radical (unpaired) electrons. The number of fused-ring (bicyclic) bond motifs is 5. The zero-order valence-electron chi connectivity index (χ0n) is 13.1. The first kappa shape index (κ1) is 13.4. The van der Waals surface area contributed by atoms with Gasteiger partial charge in [0.05, 0.1) is 0 Å². The van der Waals surface area contributed by atoms with Gasteiger partial charge in [0.1, 0.15) is 5.75 Å². The van der Waals surface area contributed by atoms with Crippen LogP contribution in [0.5, 0.6) is 5.75 Å². The summed E-state index contributed by atoms with van der Waals surface area (Å²) in [7, 11) is 0. The molecule has 0 saturated carbocycles. The van der Waals surface area contributed by atoms with Crippen molar-refractivity contribution in [2.75, 3.05) is 0 Å². The van der Waals surface area contributed by atoms with Gasteiger partial charge in [-0.05, 0) is 28.0 Å². The number of benzene rings is 4. The van der Waals surface area contributed by atoms with E-state index in [1.807, 2.05) is 12.1 Å². The molecule has 4 aromatic carbocycles. The highest BCUT2D eigenvalue weighted by Crippen LogP contribution is 2.47. The summed E-state index contributed by atoms with van der Waals surface area (Å²) >= 11 is 0. The standard InChI is InChI=1S/C23H16O/c1-2-9-17(10-3-1)23-22-18-11-5-4-8-16(18)14-15-20(22)19-12-6-7-13-21(19)24-23/h1-15,23H. The van der Waals surface area contributed by atoms with Crippen molar-refractivity contribution in [2.24, 2.45) is 0 Å². The van der Waals surface area contributed by atoms with Crippen LogP contribution in [0, 0.1) is 0 Å². The highest BCUT2D eigenvalue weighted by atomic mass is 16.5. The minimum atomic E-state index is -0.0813. The van der Waals surface area contributed by atoms with E-state index in [-0.39, 0.29) is 6.10 Å². The van der Waals surface area contributed by atoms with E-state index in [4.69, 9.17) is 4.74 Å². The second kappa shape index (κ2) is 5.24. The first-order chi connectivity index (χ1) is 11.9. The van der Waals surface area contributed by atoms with Crippen LogP contribution in [0.4, 0.5) is 0 Å². The van der Waals surface area contributed by atoms with Crippen molar-refractivity contribution in [3.05, 3.63) is 102 Å². The molecule has 1 heteroatoms. The van der Waals surface area contributed by atoms with E-state index in [0.29, 0.717) is 0 Å². The molecular weight excluding hydrogens is 292 g/mol. The smallest absolute Gasteiger partial charge is 0.150 e. The topological polar surface area (TPSA) is 9.23 Å². The molecule has 0 aliphatic carbocycles. The summed E-state index contributed by atoms with van der Waals surface area (Å²) in [4.78, 5) is 0. The van der Waals surface area contributed by atoms with E-state index in [0.717, 1.165) is 5.75 Å². The third-order valence-corrected chi connectivity index (χ3v) is 4.76. The van der Waals surface area contributed by atoms with Crippen molar-refractivity contribution in [3.8, 4) is 16.9 Å². The second-order valence-electron chi connectivity index (χ2n) is 6.15. The first-order valence-corrected chi connectivity index (χ1v) is 8.24. The Balaban J connectivity index is 1.87. The molecule has 5 rings (SSSR count). The van der Waals surface area contributed by atoms with Crippen molar-refractivity contribution in [3.63, 3.8) is 0 Å². The van der Waals surface area contributed by atoms with Crippen LogP contribution in [0.15, 0.2) is 91.0 Å². The summed E-state index contributed by atoms with van der Waals surface area (Å²) < 4.78 is 6.45. The molecule has 0 saturated heterocycles. The molecule has 1 heterocycles. The van der Waals surface area contributed by atoms with Crippen molar-refractivity contribution in [2.45, 2.75) is 6.10 Å². The van der Waals surface area contributed by atoms with Gasteiger partial charge in [-0.1, -0.05) is 84.9 Å². The lowest BCUT2D eigenvalue weighted by molar-refractivity contribution is 0.245. The Hall–Kier alpha value is -3.06. The monoisotopic (exact) mass is 308 g/mol. The van der Waals surface area contributed by atoms with Crippen molar-refractivity contribution < 1.29 is 4.74 Å². The fourth-order valence-electron chi connectivity index (χ4n) is 3.65. The lowest BCUT2D eigenvalue weighted by atomic mass is 9.86. The van der Waals surface area contributed by atoms with Crippen LogP contribution >= 0.6 is 0 Å². The molecule has 1 nitrogen and oxygen atoms in total. The number of hydrogen-bond acceptors (Lipinski definition) is 1. The van der Waals surface area contributed by atoms with Gasteiger partial charge in [0.25, 0.3) is 0 Å². The molecule has 0 bridgehead atoms. The Labute approximate surface area is 141 Å². The Bertz CT molecular complexity index is 1030. The summed E-state index contributed by atoms with van der Waals surface area (Å²) in [6.45, 7) is 0. The SMILES string of the molecule is c1ccc(C2Oc3ccccc3-c3ccc4ccccc4c32)cc1. The maximum atomic E-state index is 6.45. The summed E-state index contributed by atoms with van der Waals surface area (Å²) in [5.41, 5.74) is 4.89. The third-order valence-electron chi connectivity index (χ3n) is 4.76. The highest BCUT2D eigenvalue weighted by molar-refractivity contribution is 5.94. The van der Waals surface area contributed by atoms with E-state index >= 15 is 0 Å². The molecule has 1 aliphatic heterocycles. The normalized spacial score (nSPS) is 15.4. The summed E-state index contributed by atoms with van der Waals surface area (Å²) in [5.74, 6) is 0.953. The quantitative estimate of drug-likeness (QED) is 0.420. The first-order valence-electron chi connectivity index (χ1n) is 8.24. The van der Waals surface area contributed by atoms with Crippen LogP contribution < -0.4 is 4.74 Å². The zero-order valence-corrected chi connectivity index (χ0v) is 13.1. The Morgan fingerprint density at radius 2 is 1.33 bits per heavy atom. The van der Waals surface area contributed by atoms with E-state index in [9.17, 15) is 0 Å². The Kier molecular flexibility index (Phi) is 2.92. The van der Waals surface area contributed by atoms with Gasteiger partial charge in [0.15, 0.2) is 6.10 Å². The van der Waals surface area contributed by atoms with Gasteiger partial charge in [-0.25, -0.2) is 0 Å².